The third-order valence-corrected chi connectivity index (χ3v) is 3.39. The molecular formula is C13H12BrFO. The molecule has 1 aromatic rings. The Hall–Kier alpha value is -0.960. The molecule has 0 saturated carbocycles. The van der Waals surface area contributed by atoms with E-state index in [0.717, 1.165) is 31.3 Å². The molecule has 1 aliphatic rings. The van der Waals surface area contributed by atoms with Gasteiger partial charge in [-0.15, -0.1) is 0 Å². The Morgan fingerprint density at radius 1 is 1.31 bits per heavy atom. The Bertz CT molecular complexity index is 451. The number of rotatable bonds is 2. The van der Waals surface area contributed by atoms with Crippen LogP contribution in [0.5, 0.6) is 0 Å². The minimum absolute atomic E-state index is 0.168. The number of hydrogen-bond donors (Lipinski definition) is 0. The molecule has 0 aliphatic heterocycles. The van der Waals surface area contributed by atoms with E-state index in [2.05, 4.69) is 15.9 Å². The smallest absolute Gasteiger partial charge is 0.191 e. The number of ketones is 1. The van der Waals surface area contributed by atoms with Crippen molar-refractivity contribution >= 4 is 21.7 Å². The minimum Gasteiger partial charge on any atom is -0.289 e. The molecule has 0 fully saturated rings. The number of benzene rings is 1. The molecule has 0 aromatic heterocycles. The lowest BCUT2D eigenvalue weighted by Crippen LogP contribution is -2.08. The standard InChI is InChI=1S/C13H12BrFO/c14-11-8-4-7-10(12(11)15)13(16)9-5-2-1-3-6-9/h4-5,7-8H,1-3,6H2. The third-order valence-electron chi connectivity index (χ3n) is 2.78. The van der Waals surface area contributed by atoms with E-state index in [1.165, 1.54) is 6.07 Å². The first-order valence-corrected chi connectivity index (χ1v) is 6.17. The molecule has 0 heterocycles. The largest absolute Gasteiger partial charge is 0.289 e. The molecule has 2 rings (SSSR count). The summed E-state index contributed by atoms with van der Waals surface area (Å²) in [6.45, 7) is 0. The van der Waals surface area contributed by atoms with Crippen LogP contribution in [0.3, 0.4) is 0 Å². The van der Waals surface area contributed by atoms with Gasteiger partial charge in [-0.1, -0.05) is 12.1 Å². The maximum atomic E-state index is 13.7. The van der Waals surface area contributed by atoms with Crippen LogP contribution in [0.2, 0.25) is 0 Å². The van der Waals surface area contributed by atoms with Crippen LogP contribution in [0, 0.1) is 5.82 Å². The van der Waals surface area contributed by atoms with Crippen LogP contribution >= 0.6 is 15.9 Å². The molecule has 0 unspecified atom stereocenters. The van der Waals surface area contributed by atoms with Gasteiger partial charge in [0.25, 0.3) is 0 Å². The van der Waals surface area contributed by atoms with Gasteiger partial charge in [0.05, 0.1) is 10.0 Å². The number of Topliss-reactive ketones (excluding diaryl/α,β-unsaturated/α-hetero) is 1. The highest BCUT2D eigenvalue weighted by Crippen LogP contribution is 2.25. The molecule has 0 spiro atoms. The molecule has 1 aliphatic carbocycles. The van der Waals surface area contributed by atoms with Crippen molar-refractivity contribution in [2.75, 3.05) is 0 Å². The summed E-state index contributed by atoms with van der Waals surface area (Å²) in [7, 11) is 0. The van der Waals surface area contributed by atoms with Gasteiger partial charge in [-0.25, -0.2) is 4.39 Å². The summed E-state index contributed by atoms with van der Waals surface area (Å²) in [4.78, 5) is 12.0. The third kappa shape index (κ3) is 2.24. The van der Waals surface area contributed by atoms with Gasteiger partial charge in [0.1, 0.15) is 5.82 Å². The topological polar surface area (TPSA) is 17.1 Å². The van der Waals surface area contributed by atoms with Crippen molar-refractivity contribution < 1.29 is 9.18 Å². The van der Waals surface area contributed by atoms with E-state index in [0.29, 0.717) is 4.47 Å². The highest BCUT2D eigenvalue weighted by molar-refractivity contribution is 9.10. The number of carbonyl (C=O) groups is 1. The molecular weight excluding hydrogens is 271 g/mol. The molecule has 0 saturated heterocycles. The summed E-state index contributed by atoms with van der Waals surface area (Å²) in [6, 6.07) is 4.82. The highest BCUT2D eigenvalue weighted by Gasteiger charge is 2.18. The average Bonchev–Trinajstić information content (AvgIpc) is 2.33. The van der Waals surface area contributed by atoms with Crippen molar-refractivity contribution in [1.29, 1.82) is 0 Å². The zero-order valence-electron chi connectivity index (χ0n) is 8.80. The maximum absolute atomic E-state index is 13.7. The number of allylic oxidation sites excluding steroid dienone is 2. The molecule has 0 amide bonds. The van der Waals surface area contributed by atoms with Gasteiger partial charge >= 0.3 is 0 Å². The summed E-state index contributed by atoms with van der Waals surface area (Å²) in [6.07, 6.45) is 5.78. The summed E-state index contributed by atoms with van der Waals surface area (Å²) in [5.74, 6) is -0.627. The van der Waals surface area contributed by atoms with Gasteiger partial charge in [0.15, 0.2) is 5.78 Å². The van der Waals surface area contributed by atoms with E-state index in [4.69, 9.17) is 0 Å². The minimum atomic E-state index is -0.459. The fourth-order valence-electron chi connectivity index (χ4n) is 1.90. The quantitative estimate of drug-likeness (QED) is 0.741. The molecule has 3 heteroatoms. The van der Waals surface area contributed by atoms with Crippen LogP contribution in [0.1, 0.15) is 36.0 Å². The second-order valence-electron chi connectivity index (χ2n) is 3.91. The Kier molecular flexibility index (Phi) is 3.54. The van der Waals surface area contributed by atoms with Crippen LogP contribution in [0.25, 0.3) is 0 Å². The Balaban J connectivity index is 2.33. The molecule has 0 N–H and O–H groups in total. The van der Waals surface area contributed by atoms with E-state index in [9.17, 15) is 9.18 Å². The first-order chi connectivity index (χ1) is 7.70. The molecule has 1 aromatic carbocycles. The predicted octanol–water partition coefficient (Wildman–Crippen LogP) is 4.27. The van der Waals surface area contributed by atoms with E-state index in [-0.39, 0.29) is 11.3 Å². The van der Waals surface area contributed by atoms with Gasteiger partial charge in [0, 0.05) is 0 Å². The molecule has 1 nitrogen and oxygen atoms in total. The first kappa shape index (κ1) is 11.5. The van der Waals surface area contributed by atoms with Crippen molar-refractivity contribution in [3.63, 3.8) is 0 Å². The zero-order chi connectivity index (χ0) is 11.5. The lowest BCUT2D eigenvalue weighted by molar-refractivity contribution is 0.102. The summed E-state index contributed by atoms with van der Waals surface area (Å²) < 4.78 is 14.1. The van der Waals surface area contributed by atoms with Gasteiger partial charge in [0.2, 0.25) is 0 Å². The van der Waals surface area contributed by atoms with Gasteiger partial charge in [-0.2, -0.15) is 0 Å². The first-order valence-electron chi connectivity index (χ1n) is 5.38. The second-order valence-corrected chi connectivity index (χ2v) is 4.76. The van der Waals surface area contributed by atoms with Gasteiger partial charge in [-0.05, 0) is 59.3 Å². The van der Waals surface area contributed by atoms with Crippen LogP contribution in [-0.2, 0) is 0 Å². The number of hydrogen-bond acceptors (Lipinski definition) is 1. The van der Waals surface area contributed by atoms with Crippen LogP contribution in [-0.4, -0.2) is 5.78 Å². The zero-order valence-corrected chi connectivity index (χ0v) is 10.4. The SMILES string of the molecule is O=C(C1=CCCCC1)c1cccc(Br)c1F. The van der Waals surface area contributed by atoms with Crippen molar-refractivity contribution in [2.24, 2.45) is 0 Å². The van der Waals surface area contributed by atoms with Crippen LogP contribution in [0.4, 0.5) is 4.39 Å². The van der Waals surface area contributed by atoms with E-state index in [1.54, 1.807) is 12.1 Å². The average molecular weight is 283 g/mol. The highest BCUT2D eigenvalue weighted by atomic mass is 79.9. The van der Waals surface area contributed by atoms with Crippen molar-refractivity contribution in [1.82, 2.24) is 0 Å². The fourth-order valence-corrected chi connectivity index (χ4v) is 2.26. The Morgan fingerprint density at radius 3 is 2.81 bits per heavy atom. The van der Waals surface area contributed by atoms with Crippen molar-refractivity contribution in [3.8, 4) is 0 Å². The van der Waals surface area contributed by atoms with Crippen molar-refractivity contribution in [3.05, 3.63) is 45.7 Å². The summed E-state index contributed by atoms with van der Waals surface area (Å²) in [5.41, 5.74) is 0.922. The number of halogens is 2. The number of carbonyl (C=O) groups excluding carboxylic acids is 1. The second kappa shape index (κ2) is 4.91. The van der Waals surface area contributed by atoms with Gasteiger partial charge < -0.3 is 0 Å². The van der Waals surface area contributed by atoms with E-state index in [1.807, 2.05) is 6.08 Å². The molecule has 0 bridgehead atoms. The summed E-state index contributed by atoms with van der Waals surface area (Å²) in [5, 5.41) is 0. The molecule has 0 atom stereocenters. The van der Waals surface area contributed by atoms with Crippen LogP contribution in [0.15, 0.2) is 34.3 Å². The predicted molar refractivity (Wildman–Crippen MR) is 65.0 cm³/mol. The van der Waals surface area contributed by atoms with E-state index >= 15 is 0 Å². The van der Waals surface area contributed by atoms with Gasteiger partial charge in [-0.3, -0.25) is 4.79 Å². The Labute approximate surface area is 102 Å². The Morgan fingerprint density at radius 2 is 2.12 bits per heavy atom. The molecule has 16 heavy (non-hydrogen) atoms. The monoisotopic (exact) mass is 282 g/mol. The fraction of sp³-hybridized carbons (Fsp3) is 0.308. The summed E-state index contributed by atoms with van der Waals surface area (Å²) >= 11 is 3.09. The normalized spacial score (nSPS) is 15.8. The van der Waals surface area contributed by atoms with E-state index < -0.39 is 5.82 Å². The molecule has 84 valence electrons. The van der Waals surface area contributed by atoms with Crippen LogP contribution < -0.4 is 0 Å². The lowest BCUT2D eigenvalue weighted by Gasteiger charge is -2.12. The molecule has 0 radical (unpaired) electrons. The maximum Gasteiger partial charge on any atom is 0.191 e. The lowest BCUT2D eigenvalue weighted by atomic mass is 9.93. The van der Waals surface area contributed by atoms with Crippen molar-refractivity contribution in [2.45, 2.75) is 25.7 Å².